The smallest absolute Gasteiger partial charge is 0.0105 e. The molecule has 0 saturated heterocycles. The summed E-state index contributed by atoms with van der Waals surface area (Å²) in [7, 11) is 0. The lowest BCUT2D eigenvalue weighted by Crippen LogP contribution is -2.06. The molecule has 10 heavy (non-hydrogen) atoms. The molecule has 0 bridgehead atoms. The molecule has 58 valence electrons. The Morgan fingerprint density at radius 1 is 1.60 bits per heavy atom. The van der Waals surface area contributed by atoms with Crippen LogP contribution in [0.3, 0.4) is 0 Å². The zero-order valence-electron chi connectivity index (χ0n) is 7.15. The average Bonchev–Trinajstić information content (AvgIpc) is 1.86. The number of rotatable bonds is 4. The number of hydrogen-bond acceptors (Lipinski definition) is 1. The second-order valence-electron chi connectivity index (χ2n) is 2.76. The van der Waals surface area contributed by atoms with Crippen LogP contribution in [0.2, 0.25) is 0 Å². The Hall–Kier alpha value is -0.720. The molecule has 0 atom stereocenters. The van der Waals surface area contributed by atoms with E-state index >= 15 is 0 Å². The maximum Gasteiger partial charge on any atom is 0.0105 e. The third kappa shape index (κ3) is 4.19. The Morgan fingerprint density at radius 3 is 2.50 bits per heavy atom. The van der Waals surface area contributed by atoms with Gasteiger partial charge in [0.25, 0.3) is 0 Å². The van der Waals surface area contributed by atoms with Gasteiger partial charge in [0.05, 0.1) is 0 Å². The maximum absolute atomic E-state index is 3.60. The molecule has 0 heterocycles. The van der Waals surface area contributed by atoms with Gasteiger partial charge in [-0.2, -0.15) is 0 Å². The minimum absolute atomic E-state index is 0.707. The number of allylic oxidation sites excluding steroid dienone is 2. The number of hydrogen-bond donors (Lipinski definition) is 1. The van der Waals surface area contributed by atoms with Gasteiger partial charge < -0.3 is 5.32 Å². The summed E-state index contributed by atoms with van der Waals surface area (Å²) in [6.45, 7) is 10.0. The number of nitrogens with one attached hydrogen (secondary N) is 1. The van der Waals surface area contributed by atoms with Crippen LogP contribution < -0.4 is 5.32 Å². The summed E-state index contributed by atoms with van der Waals surface area (Å²) >= 11 is 0. The summed E-state index contributed by atoms with van der Waals surface area (Å²) in [6, 6.07) is 0. The van der Waals surface area contributed by atoms with E-state index in [0.29, 0.717) is 5.92 Å². The largest absolute Gasteiger partial charge is 0.366 e. The van der Waals surface area contributed by atoms with E-state index in [0.717, 1.165) is 6.42 Å². The van der Waals surface area contributed by atoms with E-state index in [9.17, 15) is 0 Å². The summed E-state index contributed by atoms with van der Waals surface area (Å²) in [5.41, 5.74) is 1.25. The van der Waals surface area contributed by atoms with Crippen LogP contribution in [0.25, 0.3) is 0 Å². The molecule has 0 aliphatic carbocycles. The molecule has 0 radical (unpaired) electrons. The molecule has 0 aromatic carbocycles. The zero-order valence-corrected chi connectivity index (χ0v) is 7.15. The highest BCUT2D eigenvalue weighted by atomic mass is 14.8. The molecule has 0 rings (SSSR count). The van der Waals surface area contributed by atoms with Gasteiger partial charge in [-0.3, -0.25) is 0 Å². The van der Waals surface area contributed by atoms with E-state index in [1.165, 1.54) is 5.70 Å². The van der Waals surface area contributed by atoms with Crippen molar-refractivity contribution < 1.29 is 0 Å². The fourth-order valence-electron chi connectivity index (χ4n) is 0.831. The van der Waals surface area contributed by atoms with Gasteiger partial charge in [0, 0.05) is 5.70 Å². The van der Waals surface area contributed by atoms with E-state index in [1.807, 2.05) is 6.92 Å². The van der Waals surface area contributed by atoms with Crippen LogP contribution in [0.5, 0.6) is 0 Å². The molecule has 0 amide bonds. The minimum Gasteiger partial charge on any atom is -0.366 e. The highest BCUT2D eigenvalue weighted by molar-refractivity contribution is 5.00. The van der Waals surface area contributed by atoms with E-state index < -0.39 is 0 Å². The van der Waals surface area contributed by atoms with Crippen LogP contribution in [0.1, 0.15) is 27.2 Å². The highest BCUT2D eigenvalue weighted by Gasteiger charge is 1.96. The molecular formula is C9H17N. The maximum atomic E-state index is 3.60. The van der Waals surface area contributed by atoms with Gasteiger partial charge in [-0.25, -0.2) is 0 Å². The summed E-state index contributed by atoms with van der Waals surface area (Å²) < 4.78 is 0. The molecule has 0 aromatic rings. The first-order valence-corrected chi connectivity index (χ1v) is 3.73. The first-order chi connectivity index (χ1) is 4.70. The van der Waals surface area contributed by atoms with Crippen molar-refractivity contribution >= 4 is 0 Å². The van der Waals surface area contributed by atoms with E-state index in [-0.39, 0.29) is 0 Å². The molecule has 0 aromatic heterocycles. The Balaban J connectivity index is 3.73. The standard InChI is InChI=1S/C9H17N/c1-5-9(10-6-2)7-8(3)4/h5-6,8,10H,2,7H2,1,3-4H3/b9-5-. The predicted octanol–water partition coefficient (Wildman–Crippen LogP) is 2.67. The Labute approximate surface area is 63.8 Å². The van der Waals surface area contributed by atoms with Gasteiger partial charge >= 0.3 is 0 Å². The molecule has 0 aliphatic heterocycles. The lowest BCUT2D eigenvalue weighted by molar-refractivity contribution is 0.623. The minimum atomic E-state index is 0.707. The molecule has 1 nitrogen and oxygen atoms in total. The van der Waals surface area contributed by atoms with Crippen LogP contribution in [-0.4, -0.2) is 0 Å². The Bertz CT molecular complexity index is 123. The predicted molar refractivity (Wildman–Crippen MR) is 46.5 cm³/mol. The van der Waals surface area contributed by atoms with Crippen LogP contribution in [0, 0.1) is 5.92 Å². The molecule has 0 aliphatic rings. The summed E-state index contributed by atoms with van der Waals surface area (Å²) in [4.78, 5) is 0. The lowest BCUT2D eigenvalue weighted by atomic mass is 10.1. The Kier molecular flexibility index (Phi) is 4.73. The lowest BCUT2D eigenvalue weighted by Gasteiger charge is -2.08. The first kappa shape index (κ1) is 9.28. The quantitative estimate of drug-likeness (QED) is 0.631. The first-order valence-electron chi connectivity index (χ1n) is 3.73. The molecule has 0 fully saturated rings. The fraction of sp³-hybridized carbons (Fsp3) is 0.556. The molecular weight excluding hydrogens is 122 g/mol. The third-order valence-corrected chi connectivity index (χ3v) is 1.26. The van der Waals surface area contributed by atoms with Crippen molar-refractivity contribution in [1.82, 2.24) is 5.32 Å². The molecule has 1 heteroatoms. The van der Waals surface area contributed by atoms with Crippen LogP contribution in [-0.2, 0) is 0 Å². The van der Waals surface area contributed by atoms with Gasteiger partial charge in [-0.1, -0.05) is 26.5 Å². The topological polar surface area (TPSA) is 12.0 Å². The second-order valence-corrected chi connectivity index (χ2v) is 2.76. The SMILES string of the molecule is C=CN/C(=C\C)CC(C)C. The van der Waals surface area contributed by atoms with Crippen molar-refractivity contribution in [3.63, 3.8) is 0 Å². The summed E-state index contributed by atoms with van der Waals surface area (Å²) in [5, 5.41) is 3.09. The van der Waals surface area contributed by atoms with Crippen molar-refractivity contribution in [3.8, 4) is 0 Å². The normalized spacial score (nSPS) is 11.8. The van der Waals surface area contributed by atoms with E-state index in [2.05, 4.69) is 31.8 Å². The van der Waals surface area contributed by atoms with Crippen molar-refractivity contribution in [1.29, 1.82) is 0 Å². The molecule has 0 spiro atoms. The van der Waals surface area contributed by atoms with Crippen LogP contribution >= 0.6 is 0 Å². The van der Waals surface area contributed by atoms with Gasteiger partial charge in [0.15, 0.2) is 0 Å². The monoisotopic (exact) mass is 139 g/mol. The van der Waals surface area contributed by atoms with Crippen molar-refractivity contribution in [2.75, 3.05) is 0 Å². The highest BCUT2D eigenvalue weighted by Crippen LogP contribution is 2.06. The van der Waals surface area contributed by atoms with E-state index in [1.54, 1.807) is 6.20 Å². The van der Waals surface area contributed by atoms with Crippen molar-refractivity contribution in [3.05, 3.63) is 24.6 Å². The summed E-state index contributed by atoms with van der Waals surface area (Å²) in [6.07, 6.45) is 4.90. The van der Waals surface area contributed by atoms with Gasteiger partial charge in [-0.05, 0) is 25.5 Å². The Morgan fingerprint density at radius 2 is 2.20 bits per heavy atom. The van der Waals surface area contributed by atoms with Gasteiger partial charge in [-0.15, -0.1) is 0 Å². The molecule has 0 saturated carbocycles. The molecule has 0 unspecified atom stereocenters. The van der Waals surface area contributed by atoms with Crippen LogP contribution in [0.15, 0.2) is 24.6 Å². The van der Waals surface area contributed by atoms with Crippen molar-refractivity contribution in [2.24, 2.45) is 5.92 Å². The molecule has 1 N–H and O–H groups in total. The van der Waals surface area contributed by atoms with Gasteiger partial charge in [0.2, 0.25) is 0 Å². The summed E-state index contributed by atoms with van der Waals surface area (Å²) in [5.74, 6) is 0.707. The van der Waals surface area contributed by atoms with Crippen LogP contribution in [0.4, 0.5) is 0 Å². The average molecular weight is 139 g/mol. The van der Waals surface area contributed by atoms with E-state index in [4.69, 9.17) is 0 Å². The zero-order chi connectivity index (χ0) is 7.98. The van der Waals surface area contributed by atoms with Gasteiger partial charge in [0.1, 0.15) is 0 Å². The van der Waals surface area contributed by atoms with Crippen molar-refractivity contribution in [2.45, 2.75) is 27.2 Å². The third-order valence-electron chi connectivity index (χ3n) is 1.26. The fourth-order valence-corrected chi connectivity index (χ4v) is 0.831. The second kappa shape index (κ2) is 5.10.